The Kier molecular flexibility index (Phi) is 5.05. The normalized spacial score (nSPS) is 19.1. The minimum Gasteiger partial charge on any atom is -0.309 e. The second-order valence-electron chi connectivity index (χ2n) is 5.31. The van der Waals surface area contributed by atoms with Gasteiger partial charge in [-0.1, -0.05) is 31.2 Å². The highest BCUT2D eigenvalue weighted by Gasteiger charge is 2.32. The molecule has 1 N–H and O–H groups in total. The Hall–Kier alpha value is -1.07. The van der Waals surface area contributed by atoms with Gasteiger partial charge in [0.15, 0.2) is 0 Å². The summed E-state index contributed by atoms with van der Waals surface area (Å²) < 4.78 is 37.9. The van der Waals surface area contributed by atoms with E-state index >= 15 is 0 Å². The van der Waals surface area contributed by atoms with Crippen LogP contribution in [-0.4, -0.2) is 37.3 Å². The predicted molar refractivity (Wildman–Crippen MR) is 73.7 cm³/mol. The van der Waals surface area contributed by atoms with Crippen molar-refractivity contribution in [2.75, 3.05) is 26.2 Å². The fourth-order valence-electron chi connectivity index (χ4n) is 2.82. The Balaban J connectivity index is 2.07. The van der Waals surface area contributed by atoms with Gasteiger partial charge in [0.25, 0.3) is 0 Å². The number of rotatable bonds is 5. The van der Waals surface area contributed by atoms with Crippen LogP contribution in [0.5, 0.6) is 0 Å². The summed E-state index contributed by atoms with van der Waals surface area (Å²) in [4.78, 5) is 1.50. The molecule has 1 unspecified atom stereocenters. The van der Waals surface area contributed by atoms with Crippen LogP contribution in [0.15, 0.2) is 24.3 Å². The third-order valence-electron chi connectivity index (χ3n) is 3.60. The SMILES string of the molecule is CCCN(CC1NCCc2ccccc21)CC(F)(F)F. The van der Waals surface area contributed by atoms with E-state index in [1.54, 1.807) is 0 Å². The number of fused-ring (bicyclic) bond motifs is 1. The molecule has 112 valence electrons. The molecule has 0 spiro atoms. The predicted octanol–water partition coefficient (Wildman–Crippen LogP) is 3.15. The molecular weight excluding hydrogens is 265 g/mol. The van der Waals surface area contributed by atoms with E-state index in [1.807, 2.05) is 25.1 Å². The summed E-state index contributed by atoms with van der Waals surface area (Å²) in [5, 5.41) is 3.34. The number of nitrogens with zero attached hydrogens (tertiary/aromatic N) is 1. The molecule has 5 heteroatoms. The lowest BCUT2D eigenvalue weighted by Gasteiger charge is -2.32. The first kappa shape index (κ1) is 15.3. The van der Waals surface area contributed by atoms with Crippen LogP contribution in [0.25, 0.3) is 0 Å². The molecule has 0 amide bonds. The highest BCUT2D eigenvalue weighted by Crippen LogP contribution is 2.25. The maximum absolute atomic E-state index is 12.6. The van der Waals surface area contributed by atoms with Crippen molar-refractivity contribution in [3.8, 4) is 0 Å². The summed E-state index contributed by atoms with van der Waals surface area (Å²) >= 11 is 0. The van der Waals surface area contributed by atoms with Gasteiger partial charge in [-0.3, -0.25) is 4.90 Å². The van der Waals surface area contributed by atoms with Gasteiger partial charge in [-0.05, 0) is 37.1 Å². The van der Waals surface area contributed by atoms with Crippen LogP contribution < -0.4 is 5.32 Å². The van der Waals surface area contributed by atoms with Crippen LogP contribution >= 0.6 is 0 Å². The van der Waals surface area contributed by atoms with Gasteiger partial charge in [0.2, 0.25) is 0 Å². The van der Waals surface area contributed by atoms with Crippen molar-refractivity contribution in [1.82, 2.24) is 10.2 Å². The molecule has 2 rings (SSSR count). The standard InChI is InChI=1S/C15H21F3N2/c1-2-9-20(11-15(16,17)18)10-14-13-6-4-3-5-12(13)7-8-19-14/h3-6,14,19H,2,7-11H2,1H3. The molecule has 0 fully saturated rings. The number of nitrogens with one attached hydrogen (secondary N) is 1. The molecular formula is C15H21F3N2. The van der Waals surface area contributed by atoms with Crippen LogP contribution in [-0.2, 0) is 6.42 Å². The minimum absolute atomic E-state index is 0.00569. The van der Waals surface area contributed by atoms with E-state index in [9.17, 15) is 13.2 Å². The number of hydrogen-bond donors (Lipinski definition) is 1. The second-order valence-corrected chi connectivity index (χ2v) is 5.31. The molecule has 0 aromatic heterocycles. The highest BCUT2D eigenvalue weighted by molar-refractivity contribution is 5.32. The van der Waals surface area contributed by atoms with Gasteiger partial charge >= 0.3 is 6.18 Å². The van der Waals surface area contributed by atoms with Crippen molar-refractivity contribution >= 4 is 0 Å². The number of alkyl halides is 3. The van der Waals surface area contributed by atoms with E-state index in [4.69, 9.17) is 0 Å². The average molecular weight is 286 g/mol. The zero-order valence-corrected chi connectivity index (χ0v) is 11.7. The van der Waals surface area contributed by atoms with E-state index in [0.29, 0.717) is 13.1 Å². The van der Waals surface area contributed by atoms with Crippen molar-refractivity contribution in [2.45, 2.75) is 32.0 Å². The van der Waals surface area contributed by atoms with Crippen molar-refractivity contribution in [1.29, 1.82) is 0 Å². The first-order valence-electron chi connectivity index (χ1n) is 7.10. The number of benzene rings is 1. The van der Waals surface area contributed by atoms with Gasteiger partial charge in [0.05, 0.1) is 6.54 Å². The van der Waals surface area contributed by atoms with Crippen molar-refractivity contribution in [2.24, 2.45) is 0 Å². The molecule has 0 radical (unpaired) electrons. The van der Waals surface area contributed by atoms with Gasteiger partial charge < -0.3 is 5.32 Å². The van der Waals surface area contributed by atoms with Crippen LogP contribution in [0.1, 0.15) is 30.5 Å². The molecule has 1 aromatic carbocycles. The van der Waals surface area contributed by atoms with Crippen molar-refractivity contribution in [3.63, 3.8) is 0 Å². The van der Waals surface area contributed by atoms with Gasteiger partial charge in [-0.15, -0.1) is 0 Å². The molecule has 1 atom stereocenters. The van der Waals surface area contributed by atoms with Crippen LogP contribution in [0.4, 0.5) is 13.2 Å². The average Bonchev–Trinajstić information content (AvgIpc) is 2.37. The molecule has 0 saturated carbocycles. The number of halogens is 3. The molecule has 1 aliphatic heterocycles. The topological polar surface area (TPSA) is 15.3 Å². The lowest BCUT2D eigenvalue weighted by atomic mass is 9.94. The fourth-order valence-corrected chi connectivity index (χ4v) is 2.82. The minimum atomic E-state index is -4.14. The van der Waals surface area contributed by atoms with Crippen LogP contribution in [0.3, 0.4) is 0 Å². The molecule has 0 bridgehead atoms. The van der Waals surface area contributed by atoms with E-state index in [-0.39, 0.29) is 6.04 Å². The smallest absolute Gasteiger partial charge is 0.309 e. The maximum Gasteiger partial charge on any atom is 0.401 e. The van der Waals surface area contributed by atoms with Gasteiger partial charge in [-0.25, -0.2) is 0 Å². The van der Waals surface area contributed by atoms with Crippen LogP contribution in [0, 0.1) is 0 Å². The van der Waals surface area contributed by atoms with Crippen molar-refractivity contribution < 1.29 is 13.2 Å². The molecule has 1 heterocycles. The quantitative estimate of drug-likeness (QED) is 0.894. The lowest BCUT2D eigenvalue weighted by Crippen LogP contribution is -2.42. The molecule has 0 saturated heterocycles. The third-order valence-corrected chi connectivity index (χ3v) is 3.60. The van der Waals surface area contributed by atoms with Gasteiger partial charge in [-0.2, -0.15) is 13.2 Å². The Bertz CT molecular complexity index is 431. The third kappa shape index (κ3) is 4.21. The van der Waals surface area contributed by atoms with E-state index in [2.05, 4.69) is 11.4 Å². The molecule has 1 aromatic rings. The Morgan fingerprint density at radius 3 is 2.75 bits per heavy atom. The molecule has 2 nitrogen and oxygen atoms in total. The Morgan fingerprint density at radius 2 is 2.05 bits per heavy atom. The molecule has 20 heavy (non-hydrogen) atoms. The Labute approximate surface area is 118 Å². The monoisotopic (exact) mass is 286 g/mol. The highest BCUT2D eigenvalue weighted by atomic mass is 19.4. The summed E-state index contributed by atoms with van der Waals surface area (Å²) in [5.41, 5.74) is 2.39. The largest absolute Gasteiger partial charge is 0.401 e. The summed E-state index contributed by atoms with van der Waals surface area (Å²) in [6.07, 6.45) is -2.46. The Morgan fingerprint density at radius 1 is 1.30 bits per heavy atom. The summed E-state index contributed by atoms with van der Waals surface area (Å²) in [6, 6.07) is 8.02. The first-order chi connectivity index (χ1) is 9.49. The molecule has 0 aliphatic carbocycles. The number of hydrogen-bond acceptors (Lipinski definition) is 2. The molecule has 1 aliphatic rings. The summed E-state index contributed by atoms with van der Waals surface area (Å²) in [5.74, 6) is 0. The fraction of sp³-hybridized carbons (Fsp3) is 0.600. The summed E-state index contributed by atoms with van der Waals surface area (Å²) in [7, 11) is 0. The van der Waals surface area contributed by atoms with Crippen LogP contribution in [0.2, 0.25) is 0 Å². The zero-order valence-electron chi connectivity index (χ0n) is 11.7. The van der Waals surface area contributed by atoms with E-state index in [0.717, 1.165) is 24.9 Å². The second kappa shape index (κ2) is 6.59. The maximum atomic E-state index is 12.6. The van der Waals surface area contributed by atoms with E-state index in [1.165, 1.54) is 10.5 Å². The zero-order chi connectivity index (χ0) is 14.6. The lowest BCUT2D eigenvalue weighted by molar-refractivity contribution is -0.146. The van der Waals surface area contributed by atoms with E-state index < -0.39 is 12.7 Å². The van der Waals surface area contributed by atoms with Gasteiger partial charge in [0.1, 0.15) is 0 Å². The van der Waals surface area contributed by atoms with Crippen molar-refractivity contribution in [3.05, 3.63) is 35.4 Å². The van der Waals surface area contributed by atoms with Gasteiger partial charge in [0, 0.05) is 12.6 Å². The summed E-state index contributed by atoms with van der Waals surface area (Å²) in [6.45, 7) is 2.78. The first-order valence-corrected chi connectivity index (χ1v) is 7.10.